The molecule has 0 aliphatic carbocycles. The average Bonchev–Trinajstić information content (AvgIpc) is 2.16. The second kappa shape index (κ2) is 9.94. The zero-order valence-corrected chi connectivity index (χ0v) is 11.2. The highest BCUT2D eigenvalue weighted by molar-refractivity contribution is 9.09. The molecule has 0 rings (SSSR count). The smallest absolute Gasteiger partial charge is 0.0487 e. The lowest BCUT2D eigenvalue weighted by atomic mass is 9.95. The van der Waals surface area contributed by atoms with Gasteiger partial charge in [-0.05, 0) is 24.7 Å². The largest absolute Gasteiger partial charge is 0.385 e. The first-order valence-corrected chi connectivity index (χ1v) is 6.47. The first-order valence-electron chi connectivity index (χ1n) is 5.35. The second-order valence-electron chi connectivity index (χ2n) is 3.91. The molecule has 1 unspecified atom stereocenters. The van der Waals surface area contributed by atoms with E-state index in [2.05, 4.69) is 29.8 Å². The number of hydrogen-bond donors (Lipinski definition) is 0. The summed E-state index contributed by atoms with van der Waals surface area (Å²) in [6.45, 7) is 7.01. The van der Waals surface area contributed by atoms with Gasteiger partial charge in [0.25, 0.3) is 0 Å². The molecule has 0 amide bonds. The van der Waals surface area contributed by atoms with Crippen LogP contribution in [0.2, 0.25) is 0 Å². The van der Waals surface area contributed by atoms with Crippen LogP contribution in [0.5, 0.6) is 0 Å². The predicted molar refractivity (Wildman–Crippen MR) is 64.1 cm³/mol. The molecule has 0 saturated carbocycles. The van der Waals surface area contributed by atoms with E-state index < -0.39 is 0 Å². The van der Waals surface area contributed by atoms with Gasteiger partial charge in [-0.2, -0.15) is 0 Å². The third-order valence-electron chi connectivity index (χ3n) is 2.41. The van der Waals surface area contributed by atoms with Crippen molar-refractivity contribution in [2.75, 3.05) is 32.3 Å². The van der Waals surface area contributed by atoms with Crippen LogP contribution in [0.15, 0.2) is 0 Å². The number of ether oxygens (including phenoxy) is 2. The summed E-state index contributed by atoms with van der Waals surface area (Å²) in [6, 6.07) is 0. The van der Waals surface area contributed by atoms with Gasteiger partial charge in [-0.1, -0.05) is 29.8 Å². The monoisotopic (exact) mass is 266 g/mol. The highest BCUT2D eigenvalue weighted by Crippen LogP contribution is 2.17. The maximum atomic E-state index is 5.52. The highest BCUT2D eigenvalue weighted by atomic mass is 79.9. The van der Waals surface area contributed by atoms with Gasteiger partial charge in [-0.3, -0.25) is 0 Å². The normalized spacial score (nSPS) is 13.5. The Bertz CT molecular complexity index is 118. The molecule has 0 heterocycles. The molecule has 0 aromatic carbocycles. The molecule has 0 saturated heterocycles. The van der Waals surface area contributed by atoms with Crippen molar-refractivity contribution in [1.82, 2.24) is 0 Å². The summed E-state index contributed by atoms with van der Waals surface area (Å²) in [5, 5.41) is 1.08. The van der Waals surface area contributed by atoms with Gasteiger partial charge < -0.3 is 9.47 Å². The average molecular weight is 267 g/mol. The molecule has 0 aliphatic rings. The topological polar surface area (TPSA) is 18.5 Å². The van der Waals surface area contributed by atoms with Crippen molar-refractivity contribution in [1.29, 1.82) is 0 Å². The fourth-order valence-corrected chi connectivity index (χ4v) is 2.30. The van der Waals surface area contributed by atoms with Gasteiger partial charge in [0.15, 0.2) is 0 Å². The molecule has 0 aromatic heterocycles. The van der Waals surface area contributed by atoms with Crippen LogP contribution >= 0.6 is 15.9 Å². The van der Waals surface area contributed by atoms with E-state index >= 15 is 0 Å². The van der Waals surface area contributed by atoms with Crippen LogP contribution in [-0.4, -0.2) is 32.3 Å². The fourth-order valence-electron chi connectivity index (χ4n) is 1.23. The molecule has 3 heteroatoms. The van der Waals surface area contributed by atoms with E-state index in [1.165, 1.54) is 0 Å². The lowest BCUT2D eigenvalue weighted by Gasteiger charge is -2.17. The zero-order valence-electron chi connectivity index (χ0n) is 9.59. The van der Waals surface area contributed by atoms with E-state index in [-0.39, 0.29) is 0 Å². The Hall–Kier alpha value is 0.400. The van der Waals surface area contributed by atoms with Crippen molar-refractivity contribution in [3.8, 4) is 0 Å². The van der Waals surface area contributed by atoms with E-state index in [1.54, 1.807) is 7.11 Å². The summed E-state index contributed by atoms with van der Waals surface area (Å²) < 4.78 is 10.5. The molecule has 0 aliphatic heterocycles. The summed E-state index contributed by atoms with van der Waals surface area (Å²) in [7, 11) is 1.72. The molecule has 14 heavy (non-hydrogen) atoms. The van der Waals surface area contributed by atoms with Crippen LogP contribution in [0.3, 0.4) is 0 Å². The Balaban J connectivity index is 3.25. The lowest BCUT2D eigenvalue weighted by molar-refractivity contribution is 0.0918. The van der Waals surface area contributed by atoms with E-state index in [1.807, 2.05) is 0 Å². The van der Waals surface area contributed by atoms with E-state index in [9.17, 15) is 0 Å². The van der Waals surface area contributed by atoms with Crippen LogP contribution in [0.1, 0.15) is 26.7 Å². The minimum atomic E-state index is 0.733. The van der Waals surface area contributed by atoms with E-state index in [0.717, 1.165) is 49.8 Å². The van der Waals surface area contributed by atoms with Gasteiger partial charge in [-0.25, -0.2) is 0 Å². The van der Waals surface area contributed by atoms with Crippen LogP contribution in [-0.2, 0) is 9.47 Å². The summed E-state index contributed by atoms with van der Waals surface area (Å²) in [5.41, 5.74) is 0. The Labute approximate surface area is 96.5 Å². The number of hydrogen-bond acceptors (Lipinski definition) is 2. The molecule has 0 radical (unpaired) electrons. The van der Waals surface area contributed by atoms with Crippen LogP contribution in [0.4, 0.5) is 0 Å². The maximum Gasteiger partial charge on any atom is 0.0487 e. The maximum absolute atomic E-state index is 5.52. The molecule has 1 atom stereocenters. The molecule has 86 valence electrons. The third-order valence-corrected chi connectivity index (χ3v) is 3.24. The molecule has 0 N–H and O–H groups in total. The molecule has 0 bridgehead atoms. The molecular formula is C11H23BrO2. The van der Waals surface area contributed by atoms with Gasteiger partial charge in [0.1, 0.15) is 0 Å². The highest BCUT2D eigenvalue weighted by Gasteiger charge is 2.10. The minimum absolute atomic E-state index is 0.733. The quantitative estimate of drug-likeness (QED) is 0.472. The third kappa shape index (κ3) is 7.77. The first kappa shape index (κ1) is 14.4. The van der Waals surface area contributed by atoms with Crippen molar-refractivity contribution in [3.05, 3.63) is 0 Å². The Morgan fingerprint density at radius 2 is 1.86 bits per heavy atom. The zero-order chi connectivity index (χ0) is 10.8. The SMILES string of the molecule is COCCCOCCC(CBr)C(C)C. The summed E-state index contributed by atoms with van der Waals surface area (Å²) >= 11 is 3.53. The Morgan fingerprint density at radius 3 is 2.36 bits per heavy atom. The van der Waals surface area contributed by atoms with Crippen molar-refractivity contribution >= 4 is 15.9 Å². The lowest BCUT2D eigenvalue weighted by Crippen LogP contribution is -2.13. The van der Waals surface area contributed by atoms with Crippen molar-refractivity contribution in [2.45, 2.75) is 26.7 Å². The standard InChI is InChI=1S/C11H23BrO2/c1-10(2)11(9-12)5-8-14-7-4-6-13-3/h10-11H,4-9H2,1-3H3. The number of alkyl halides is 1. The molecular weight excluding hydrogens is 244 g/mol. The molecule has 2 nitrogen and oxygen atoms in total. The number of methoxy groups -OCH3 is 1. The molecule has 0 fully saturated rings. The van der Waals surface area contributed by atoms with E-state index in [0.29, 0.717) is 0 Å². The fraction of sp³-hybridized carbons (Fsp3) is 1.00. The molecule has 0 aromatic rings. The number of rotatable bonds is 9. The second-order valence-corrected chi connectivity index (χ2v) is 4.55. The summed E-state index contributed by atoms with van der Waals surface area (Å²) in [5.74, 6) is 1.47. The van der Waals surface area contributed by atoms with Crippen LogP contribution in [0, 0.1) is 11.8 Å². The number of halogens is 1. The van der Waals surface area contributed by atoms with Crippen molar-refractivity contribution in [2.24, 2.45) is 11.8 Å². The van der Waals surface area contributed by atoms with Gasteiger partial charge in [0.2, 0.25) is 0 Å². The Kier molecular flexibility index (Phi) is 10.2. The van der Waals surface area contributed by atoms with Gasteiger partial charge >= 0.3 is 0 Å². The predicted octanol–water partition coefficient (Wildman–Crippen LogP) is 3.10. The van der Waals surface area contributed by atoms with Crippen molar-refractivity contribution < 1.29 is 9.47 Å². The van der Waals surface area contributed by atoms with Gasteiger partial charge in [-0.15, -0.1) is 0 Å². The Morgan fingerprint density at radius 1 is 1.14 bits per heavy atom. The summed E-state index contributed by atoms with van der Waals surface area (Å²) in [4.78, 5) is 0. The van der Waals surface area contributed by atoms with Crippen molar-refractivity contribution in [3.63, 3.8) is 0 Å². The minimum Gasteiger partial charge on any atom is -0.385 e. The van der Waals surface area contributed by atoms with Gasteiger partial charge in [0.05, 0.1) is 0 Å². The molecule has 0 spiro atoms. The van der Waals surface area contributed by atoms with Crippen LogP contribution in [0.25, 0.3) is 0 Å². The summed E-state index contributed by atoms with van der Waals surface area (Å²) in [6.07, 6.45) is 2.15. The first-order chi connectivity index (χ1) is 6.72. The van der Waals surface area contributed by atoms with Crippen LogP contribution < -0.4 is 0 Å². The van der Waals surface area contributed by atoms with Gasteiger partial charge in [0, 0.05) is 32.3 Å². The van der Waals surface area contributed by atoms with E-state index in [4.69, 9.17) is 9.47 Å².